The number of rotatable bonds is 5. The third kappa shape index (κ3) is 4.65. The number of aromatic nitrogens is 3. The fourth-order valence-electron chi connectivity index (χ4n) is 4.71. The maximum Gasteiger partial charge on any atom is 0.262 e. The van der Waals surface area contributed by atoms with Crippen LogP contribution in [-0.4, -0.2) is 23.0 Å². The Morgan fingerprint density at radius 2 is 1.84 bits per heavy atom. The zero-order valence-electron chi connectivity index (χ0n) is 20.3. The number of sulfonamides is 1. The molecule has 0 spiro atoms. The summed E-state index contributed by atoms with van der Waals surface area (Å²) in [6, 6.07) is 10.8. The second-order valence-corrected chi connectivity index (χ2v) is 11.1. The summed E-state index contributed by atoms with van der Waals surface area (Å²) in [5, 5.41) is 8.53. The summed E-state index contributed by atoms with van der Waals surface area (Å²) in [6.45, 7) is 4.60. The molecule has 0 saturated carbocycles. The van der Waals surface area contributed by atoms with Crippen LogP contribution in [0.5, 0.6) is 0 Å². The van der Waals surface area contributed by atoms with Crippen molar-refractivity contribution in [2.75, 3.05) is 10.2 Å². The van der Waals surface area contributed by atoms with Crippen LogP contribution in [0.2, 0.25) is 5.15 Å². The van der Waals surface area contributed by atoms with E-state index in [2.05, 4.69) is 10.3 Å². The smallest absolute Gasteiger partial charge is 0.262 e. The molecule has 37 heavy (non-hydrogen) atoms. The van der Waals surface area contributed by atoms with E-state index in [9.17, 15) is 17.6 Å². The maximum absolute atomic E-state index is 13.8. The molecule has 0 bridgehead atoms. The lowest BCUT2D eigenvalue weighted by molar-refractivity contribution is 0.594. The standard InChI is InChI=1S/C25H24ClFN6O3S/c1-13-8-18(14(2)29-20-6-7-21(26)30-23(20)37(28,35)36)22-19(9-13)24(34)32(3)25(31-22)33-11-15-4-5-17(27)10-16(15)12-33/h4-10,14,29H,11-12H2,1-3H3,(H2,28,35,36)/t14-/m1/s1. The molecule has 4 aromatic rings. The van der Waals surface area contributed by atoms with Crippen LogP contribution in [-0.2, 0) is 30.2 Å². The van der Waals surface area contributed by atoms with Crippen molar-refractivity contribution in [2.24, 2.45) is 12.2 Å². The number of halogens is 2. The van der Waals surface area contributed by atoms with Gasteiger partial charge in [0.25, 0.3) is 15.6 Å². The van der Waals surface area contributed by atoms with Crippen LogP contribution in [0, 0.1) is 12.7 Å². The van der Waals surface area contributed by atoms with Gasteiger partial charge >= 0.3 is 0 Å². The number of pyridine rings is 1. The largest absolute Gasteiger partial charge is 0.376 e. The first kappa shape index (κ1) is 25.1. The van der Waals surface area contributed by atoms with Gasteiger partial charge in [-0.1, -0.05) is 23.7 Å². The SMILES string of the molecule is Cc1cc([C@@H](C)Nc2ccc(Cl)nc2S(N)(=O)=O)c2nc(N3Cc4ccc(F)cc4C3)n(C)c(=O)c2c1. The maximum atomic E-state index is 13.8. The molecule has 1 aliphatic rings. The molecular formula is C25H24ClFN6O3S. The van der Waals surface area contributed by atoms with Crippen LogP contribution in [0.4, 0.5) is 16.0 Å². The van der Waals surface area contributed by atoms with Crippen molar-refractivity contribution in [3.8, 4) is 0 Å². The topological polar surface area (TPSA) is 123 Å². The Labute approximate surface area is 217 Å². The van der Waals surface area contributed by atoms with Gasteiger partial charge in [0.15, 0.2) is 5.03 Å². The number of benzene rings is 2. The predicted molar refractivity (Wildman–Crippen MR) is 141 cm³/mol. The van der Waals surface area contributed by atoms with Crippen molar-refractivity contribution < 1.29 is 12.8 Å². The van der Waals surface area contributed by atoms with E-state index in [0.29, 0.717) is 35.5 Å². The van der Waals surface area contributed by atoms with E-state index in [0.717, 1.165) is 16.7 Å². The van der Waals surface area contributed by atoms with Gasteiger partial charge in [-0.3, -0.25) is 9.36 Å². The number of hydrogen-bond acceptors (Lipinski definition) is 7. The van der Waals surface area contributed by atoms with Gasteiger partial charge < -0.3 is 10.2 Å². The Hall–Kier alpha value is -3.54. The van der Waals surface area contributed by atoms with E-state index < -0.39 is 16.1 Å². The van der Waals surface area contributed by atoms with E-state index >= 15 is 0 Å². The fraction of sp³-hybridized carbons (Fsp3) is 0.240. The Kier molecular flexibility index (Phi) is 6.17. The minimum atomic E-state index is -4.15. The molecule has 3 N–H and O–H groups in total. The monoisotopic (exact) mass is 542 g/mol. The first-order valence-corrected chi connectivity index (χ1v) is 13.3. The molecule has 0 fully saturated rings. The second-order valence-electron chi connectivity index (χ2n) is 9.19. The van der Waals surface area contributed by atoms with Crippen LogP contribution < -0.4 is 20.9 Å². The average molecular weight is 543 g/mol. The van der Waals surface area contributed by atoms with Crippen molar-refractivity contribution in [3.05, 3.63) is 86.0 Å². The molecule has 0 radical (unpaired) electrons. The summed E-state index contributed by atoms with van der Waals surface area (Å²) >= 11 is 5.90. The van der Waals surface area contributed by atoms with E-state index in [4.69, 9.17) is 21.7 Å². The molecule has 3 heterocycles. The number of primary sulfonamides is 1. The number of nitrogens with one attached hydrogen (secondary N) is 1. The van der Waals surface area contributed by atoms with Crippen LogP contribution in [0.25, 0.3) is 10.9 Å². The van der Waals surface area contributed by atoms with Gasteiger partial charge in [0, 0.05) is 25.7 Å². The highest BCUT2D eigenvalue weighted by molar-refractivity contribution is 7.89. The number of aryl methyl sites for hydroxylation is 1. The van der Waals surface area contributed by atoms with Crippen molar-refractivity contribution in [1.29, 1.82) is 0 Å². The lowest BCUT2D eigenvalue weighted by Crippen LogP contribution is -2.28. The highest BCUT2D eigenvalue weighted by atomic mass is 35.5. The van der Waals surface area contributed by atoms with Crippen LogP contribution in [0.3, 0.4) is 0 Å². The van der Waals surface area contributed by atoms with Crippen molar-refractivity contribution in [3.63, 3.8) is 0 Å². The molecule has 12 heteroatoms. The van der Waals surface area contributed by atoms with E-state index in [1.165, 1.54) is 28.8 Å². The number of anilines is 2. The first-order valence-electron chi connectivity index (χ1n) is 11.4. The third-order valence-corrected chi connectivity index (χ3v) is 7.50. The molecule has 1 atom stereocenters. The van der Waals surface area contributed by atoms with E-state index in [1.54, 1.807) is 19.2 Å². The second kappa shape index (κ2) is 9.09. The zero-order valence-corrected chi connectivity index (χ0v) is 21.9. The van der Waals surface area contributed by atoms with Crippen molar-refractivity contribution in [2.45, 2.75) is 38.0 Å². The van der Waals surface area contributed by atoms with Crippen molar-refractivity contribution in [1.82, 2.24) is 14.5 Å². The Morgan fingerprint density at radius 3 is 2.57 bits per heavy atom. The zero-order chi connectivity index (χ0) is 26.6. The minimum absolute atomic E-state index is 0.00970. The normalized spacial score (nSPS) is 14.2. The van der Waals surface area contributed by atoms with Gasteiger partial charge in [-0.05, 0) is 60.9 Å². The van der Waals surface area contributed by atoms with Gasteiger partial charge in [0.05, 0.1) is 22.6 Å². The highest BCUT2D eigenvalue weighted by Gasteiger charge is 2.26. The molecule has 1 aliphatic heterocycles. The molecule has 0 saturated heterocycles. The summed E-state index contributed by atoms with van der Waals surface area (Å²) in [5.41, 5.74) is 3.78. The number of nitrogens with zero attached hydrogens (tertiary/aromatic N) is 4. The Morgan fingerprint density at radius 1 is 1.11 bits per heavy atom. The quantitative estimate of drug-likeness (QED) is 0.368. The van der Waals surface area contributed by atoms with Gasteiger partial charge in [0.1, 0.15) is 11.0 Å². The van der Waals surface area contributed by atoms with Gasteiger partial charge in [0.2, 0.25) is 5.95 Å². The van der Waals surface area contributed by atoms with E-state index in [-0.39, 0.29) is 27.2 Å². The Balaban J connectivity index is 1.61. The summed E-state index contributed by atoms with van der Waals surface area (Å²) in [7, 11) is -2.49. The first-order chi connectivity index (χ1) is 17.4. The molecule has 0 unspecified atom stereocenters. The summed E-state index contributed by atoms with van der Waals surface area (Å²) in [5.74, 6) is 0.138. The summed E-state index contributed by atoms with van der Waals surface area (Å²) < 4.78 is 39.5. The van der Waals surface area contributed by atoms with Gasteiger partial charge in [-0.15, -0.1) is 0 Å². The molecule has 2 aromatic heterocycles. The molecule has 2 aromatic carbocycles. The number of nitrogens with two attached hydrogens (primary N) is 1. The number of hydrogen-bond donors (Lipinski definition) is 2. The third-order valence-electron chi connectivity index (χ3n) is 6.44. The molecule has 5 rings (SSSR count). The summed E-state index contributed by atoms with van der Waals surface area (Å²) in [6.07, 6.45) is 0. The Bertz CT molecular complexity index is 1740. The minimum Gasteiger partial charge on any atom is -0.376 e. The van der Waals surface area contributed by atoms with Crippen LogP contribution in [0.1, 0.15) is 35.2 Å². The molecule has 192 valence electrons. The van der Waals surface area contributed by atoms with Gasteiger partial charge in [-0.2, -0.15) is 0 Å². The molecular weight excluding hydrogens is 519 g/mol. The predicted octanol–water partition coefficient (Wildman–Crippen LogP) is 3.77. The number of fused-ring (bicyclic) bond motifs is 2. The average Bonchev–Trinajstić information content (AvgIpc) is 3.24. The van der Waals surface area contributed by atoms with Gasteiger partial charge in [-0.25, -0.2) is 27.9 Å². The van der Waals surface area contributed by atoms with E-state index in [1.807, 2.05) is 24.8 Å². The molecule has 0 aliphatic carbocycles. The lowest BCUT2D eigenvalue weighted by atomic mass is 10.0. The van der Waals surface area contributed by atoms with Crippen LogP contribution in [0.15, 0.2) is 52.3 Å². The van der Waals surface area contributed by atoms with Crippen LogP contribution >= 0.6 is 11.6 Å². The summed E-state index contributed by atoms with van der Waals surface area (Å²) in [4.78, 5) is 24.1. The molecule has 9 nitrogen and oxygen atoms in total. The lowest BCUT2D eigenvalue weighted by Gasteiger charge is -2.23. The highest BCUT2D eigenvalue weighted by Crippen LogP contribution is 2.32. The fourth-order valence-corrected chi connectivity index (χ4v) is 5.57. The van der Waals surface area contributed by atoms with Crippen molar-refractivity contribution >= 4 is 44.2 Å². The molecule has 0 amide bonds.